The monoisotopic (exact) mass is 259 g/mol. The largest absolute Gasteiger partial charge is 0.396 e. The van der Waals surface area contributed by atoms with E-state index in [-0.39, 0.29) is 18.4 Å². The summed E-state index contributed by atoms with van der Waals surface area (Å²) < 4.78 is 0. The maximum atomic E-state index is 11.7. The Kier molecular flexibility index (Phi) is 3.38. The lowest BCUT2D eigenvalue weighted by atomic mass is 10.1. The van der Waals surface area contributed by atoms with Gasteiger partial charge < -0.3 is 10.0 Å². The van der Waals surface area contributed by atoms with Crippen molar-refractivity contribution >= 4 is 34.8 Å². The highest BCUT2D eigenvalue weighted by atomic mass is 35.5. The number of carbonyl (C=O) groups excluding carboxylic acids is 1. The second kappa shape index (κ2) is 4.62. The van der Waals surface area contributed by atoms with Gasteiger partial charge in [0.25, 0.3) is 0 Å². The van der Waals surface area contributed by atoms with Crippen LogP contribution in [0.3, 0.4) is 0 Å². The summed E-state index contributed by atoms with van der Waals surface area (Å²) in [6.07, 6.45) is 0.360. The quantitative estimate of drug-likeness (QED) is 0.886. The third-order valence-corrected chi connectivity index (χ3v) is 3.49. The van der Waals surface area contributed by atoms with E-state index < -0.39 is 0 Å². The summed E-state index contributed by atoms with van der Waals surface area (Å²) in [6, 6.07) is 5.19. The van der Waals surface area contributed by atoms with Gasteiger partial charge in [-0.1, -0.05) is 29.3 Å². The van der Waals surface area contributed by atoms with E-state index in [1.807, 2.05) is 0 Å². The van der Waals surface area contributed by atoms with Crippen LogP contribution in [0, 0.1) is 5.92 Å². The molecule has 0 aliphatic carbocycles. The van der Waals surface area contributed by atoms with Crippen LogP contribution in [0.25, 0.3) is 0 Å². The molecule has 1 aliphatic rings. The lowest BCUT2D eigenvalue weighted by Gasteiger charge is -2.18. The second-order valence-electron chi connectivity index (χ2n) is 3.83. The molecule has 1 saturated heterocycles. The van der Waals surface area contributed by atoms with Crippen molar-refractivity contribution in [2.75, 3.05) is 18.1 Å². The standard InChI is InChI=1S/C11H11Cl2NO2/c12-8-2-1-3-9(11(8)13)14-5-7(6-15)4-10(14)16/h1-3,7,15H,4-6H2. The van der Waals surface area contributed by atoms with Gasteiger partial charge in [0.2, 0.25) is 5.91 Å². The Hall–Kier alpha value is -0.770. The lowest BCUT2D eigenvalue weighted by molar-refractivity contribution is -0.117. The summed E-state index contributed by atoms with van der Waals surface area (Å²) in [5.74, 6) is -0.0363. The molecule has 0 bridgehead atoms. The highest BCUT2D eigenvalue weighted by Crippen LogP contribution is 2.35. The van der Waals surface area contributed by atoms with Crippen LogP contribution in [0.5, 0.6) is 0 Å². The van der Waals surface area contributed by atoms with Crippen LogP contribution in [-0.2, 0) is 4.79 Å². The molecular weight excluding hydrogens is 249 g/mol. The van der Waals surface area contributed by atoms with Gasteiger partial charge >= 0.3 is 0 Å². The first-order valence-corrected chi connectivity index (χ1v) is 5.74. The average Bonchev–Trinajstić information content (AvgIpc) is 2.64. The highest BCUT2D eigenvalue weighted by molar-refractivity contribution is 6.44. The number of aliphatic hydroxyl groups is 1. The van der Waals surface area contributed by atoms with Crippen LogP contribution in [0.15, 0.2) is 18.2 Å². The van der Waals surface area contributed by atoms with Crippen molar-refractivity contribution < 1.29 is 9.90 Å². The number of halogens is 2. The number of amides is 1. The van der Waals surface area contributed by atoms with Gasteiger partial charge in [0.15, 0.2) is 0 Å². The molecule has 1 aromatic rings. The van der Waals surface area contributed by atoms with Crippen molar-refractivity contribution in [2.24, 2.45) is 5.92 Å². The lowest BCUT2D eigenvalue weighted by Crippen LogP contribution is -2.25. The van der Waals surface area contributed by atoms with Crippen LogP contribution >= 0.6 is 23.2 Å². The predicted octanol–water partition coefficient (Wildman–Crippen LogP) is 2.34. The Morgan fingerprint density at radius 1 is 1.44 bits per heavy atom. The Labute approximate surface area is 104 Å². The Bertz CT molecular complexity index is 422. The molecule has 1 aromatic carbocycles. The third kappa shape index (κ3) is 2.03. The fourth-order valence-electron chi connectivity index (χ4n) is 1.84. The Morgan fingerprint density at radius 3 is 2.81 bits per heavy atom. The molecular formula is C11H11Cl2NO2. The van der Waals surface area contributed by atoms with Gasteiger partial charge in [-0.05, 0) is 12.1 Å². The molecule has 1 unspecified atom stereocenters. The molecule has 1 N–H and O–H groups in total. The highest BCUT2D eigenvalue weighted by Gasteiger charge is 2.31. The molecule has 3 nitrogen and oxygen atoms in total. The van der Waals surface area contributed by atoms with Crippen molar-refractivity contribution in [3.63, 3.8) is 0 Å². The smallest absolute Gasteiger partial charge is 0.227 e. The van der Waals surface area contributed by atoms with E-state index in [0.29, 0.717) is 28.7 Å². The number of nitrogens with zero attached hydrogens (tertiary/aromatic N) is 1. The molecule has 1 fully saturated rings. The summed E-state index contributed by atoms with van der Waals surface area (Å²) in [6.45, 7) is 0.510. The minimum atomic E-state index is -0.0248. The summed E-state index contributed by atoms with van der Waals surface area (Å²) in [5, 5.41) is 9.85. The molecule has 2 rings (SSSR count). The van der Waals surface area contributed by atoms with Gasteiger partial charge in [-0.2, -0.15) is 0 Å². The summed E-state index contributed by atoms with van der Waals surface area (Å²) in [7, 11) is 0. The van der Waals surface area contributed by atoms with Crippen LogP contribution in [0.2, 0.25) is 10.0 Å². The number of benzene rings is 1. The van der Waals surface area contributed by atoms with E-state index in [0.717, 1.165) is 0 Å². The Balaban J connectivity index is 2.31. The van der Waals surface area contributed by atoms with Crippen molar-refractivity contribution in [3.05, 3.63) is 28.2 Å². The van der Waals surface area contributed by atoms with E-state index in [1.54, 1.807) is 23.1 Å². The van der Waals surface area contributed by atoms with Crippen LogP contribution in [-0.4, -0.2) is 24.2 Å². The molecule has 0 radical (unpaired) electrons. The molecule has 1 heterocycles. The van der Waals surface area contributed by atoms with E-state index >= 15 is 0 Å². The zero-order valence-corrected chi connectivity index (χ0v) is 10.0. The zero-order chi connectivity index (χ0) is 11.7. The normalized spacial score (nSPS) is 20.6. The summed E-state index contributed by atoms with van der Waals surface area (Å²) in [5.41, 5.74) is 0.620. The Morgan fingerprint density at radius 2 is 2.19 bits per heavy atom. The maximum Gasteiger partial charge on any atom is 0.227 e. The number of carbonyl (C=O) groups is 1. The van der Waals surface area contributed by atoms with Crippen molar-refractivity contribution in [1.29, 1.82) is 0 Å². The molecule has 16 heavy (non-hydrogen) atoms. The molecule has 5 heteroatoms. The molecule has 0 saturated carbocycles. The predicted molar refractivity (Wildman–Crippen MR) is 64.0 cm³/mol. The first-order valence-electron chi connectivity index (χ1n) is 4.98. The fourth-order valence-corrected chi connectivity index (χ4v) is 2.24. The first kappa shape index (κ1) is 11.7. The molecule has 1 aliphatic heterocycles. The van der Waals surface area contributed by atoms with E-state index in [1.165, 1.54) is 0 Å². The minimum absolute atomic E-state index is 0.0115. The summed E-state index contributed by atoms with van der Waals surface area (Å²) >= 11 is 11.9. The van der Waals surface area contributed by atoms with Crippen molar-refractivity contribution in [2.45, 2.75) is 6.42 Å². The van der Waals surface area contributed by atoms with E-state index in [4.69, 9.17) is 28.3 Å². The van der Waals surface area contributed by atoms with Gasteiger partial charge in [0, 0.05) is 25.5 Å². The van der Waals surface area contributed by atoms with Crippen LogP contribution in [0.1, 0.15) is 6.42 Å². The van der Waals surface area contributed by atoms with Gasteiger partial charge in [-0.25, -0.2) is 0 Å². The van der Waals surface area contributed by atoms with Crippen molar-refractivity contribution in [3.8, 4) is 0 Å². The SMILES string of the molecule is O=C1CC(CO)CN1c1cccc(Cl)c1Cl. The number of hydrogen-bond donors (Lipinski definition) is 1. The zero-order valence-electron chi connectivity index (χ0n) is 8.49. The average molecular weight is 260 g/mol. The number of aliphatic hydroxyl groups excluding tert-OH is 1. The second-order valence-corrected chi connectivity index (χ2v) is 4.62. The summed E-state index contributed by atoms with van der Waals surface area (Å²) in [4.78, 5) is 13.3. The molecule has 0 aromatic heterocycles. The number of hydrogen-bond acceptors (Lipinski definition) is 2. The van der Waals surface area contributed by atoms with Gasteiger partial charge in [-0.3, -0.25) is 4.79 Å². The van der Waals surface area contributed by atoms with Gasteiger partial charge in [0.1, 0.15) is 0 Å². The number of rotatable bonds is 2. The fraction of sp³-hybridized carbons (Fsp3) is 0.364. The molecule has 0 spiro atoms. The minimum Gasteiger partial charge on any atom is -0.396 e. The topological polar surface area (TPSA) is 40.5 Å². The van der Waals surface area contributed by atoms with E-state index in [9.17, 15) is 4.79 Å². The van der Waals surface area contributed by atoms with Gasteiger partial charge in [0.05, 0.1) is 15.7 Å². The third-order valence-electron chi connectivity index (χ3n) is 2.69. The van der Waals surface area contributed by atoms with Crippen molar-refractivity contribution in [1.82, 2.24) is 0 Å². The molecule has 1 amide bonds. The van der Waals surface area contributed by atoms with E-state index in [2.05, 4.69) is 0 Å². The van der Waals surface area contributed by atoms with Crippen LogP contribution < -0.4 is 4.90 Å². The van der Waals surface area contributed by atoms with Gasteiger partial charge in [-0.15, -0.1) is 0 Å². The maximum absolute atomic E-state index is 11.7. The molecule has 86 valence electrons. The first-order chi connectivity index (χ1) is 7.63. The number of anilines is 1. The van der Waals surface area contributed by atoms with Crippen LogP contribution in [0.4, 0.5) is 5.69 Å². The molecule has 1 atom stereocenters.